The van der Waals surface area contributed by atoms with Gasteiger partial charge in [-0.15, -0.1) is 0 Å². The van der Waals surface area contributed by atoms with Crippen LogP contribution in [0.2, 0.25) is 0 Å². The first kappa shape index (κ1) is 28.3. The summed E-state index contributed by atoms with van der Waals surface area (Å²) in [4.78, 5) is 67.2. The zero-order valence-corrected chi connectivity index (χ0v) is 21.3. The molecule has 0 bridgehead atoms. The van der Waals surface area contributed by atoms with E-state index >= 15 is 0 Å². The van der Waals surface area contributed by atoms with Crippen molar-refractivity contribution in [1.82, 2.24) is 14.1 Å². The highest BCUT2D eigenvalue weighted by molar-refractivity contribution is 5.99. The Morgan fingerprint density at radius 1 is 0.951 bits per heavy atom. The molecule has 0 aliphatic heterocycles. The van der Waals surface area contributed by atoms with E-state index in [2.05, 4.69) is 4.98 Å². The van der Waals surface area contributed by atoms with Gasteiger partial charge >= 0.3 is 17.6 Å². The van der Waals surface area contributed by atoms with Crippen LogP contribution in [-0.2, 0) is 11.5 Å². The Bertz CT molecular complexity index is 1810. The lowest BCUT2D eigenvalue weighted by atomic mass is 10.1. The molecule has 4 aromatic rings. The number of nitriles is 1. The van der Waals surface area contributed by atoms with Crippen LogP contribution in [0.3, 0.4) is 0 Å². The fourth-order valence-corrected chi connectivity index (χ4v) is 3.47. The van der Waals surface area contributed by atoms with Crippen LogP contribution in [0.25, 0.3) is 0 Å². The van der Waals surface area contributed by atoms with Crippen molar-refractivity contribution in [2.24, 2.45) is 0 Å². The summed E-state index contributed by atoms with van der Waals surface area (Å²) in [5, 5.41) is 9.41. The van der Waals surface area contributed by atoms with E-state index in [-0.39, 0.29) is 45.1 Å². The zero-order chi connectivity index (χ0) is 29.5. The standard InChI is InChI=1S/C28H19FN4O8/c1-2-39-16-32-15-21(29)25(35)33(28(32)38)24(34)18-9-6-10-19(11-18)27(37)40-22-12-23(31-14-20(22)13-30)41-26(36)17-7-4-3-5-8-17/h3-12,14-15H,2,16H2,1H3. The van der Waals surface area contributed by atoms with Gasteiger partial charge in [0.05, 0.1) is 23.5 Å². The van der Waals surface area contributed by atoms with Crippen molar-refractivity contribution in [3.63, 3.8) is 0 Å². The van der Waals surface area contributed by atoms with E-state index in [1.165, 1.54) is 30.3 Å². The molecule has 0 N–H and O–H groups in total. The molecule has 0 aliphatic rings. The Morgan fingerprint density at radius 3 is 2.34 bits per heavy atom. The van der Waals surface area contributed by atoms with Gasteiger partial charge in [0.15, 0.2) is 5.75 Å². The predicted octanol–water partition coefficient (Wildman–Crippen LogP) is 2.54. The van der Waals surface area contributed by atoms with Gasteiger partial charge in [-0.05, 0) is 37.3 Å². The Balaban J connectivity index is 1.60. The molecule has 13 heteroatoms. The maximum Gasteiger partial charge on any atom is 0.344 e. The summed E-state index contributed by atoms with van der Waals surface area (Å²) in [6.07, 6.45) is 1.67. The number of carbonyl (C=O) groups is 3. The number of halogens is 1. The van der Waals surface area contributed by atoms with Crippen molar-refractivity contribution in [2.75, 3.05) is 6.61 Å². The molecule has 0 saturated carbocycles. The third kappa shape index (κ3) is 6.29. The zero-order valence-electron chi connectivity index (χ0n) is 21.3. The summed E-state index contributed by atoms with van der Waals surface area (Å²) in [6, 6.07) is 15.7. The largest absolute Gasteiger partial charge is 0.421 e. The number of aromatic nitrogens is 3. The van der Waals surface area contributed by atoms with Crippen molar-refractivity contribution in [3.8, 4) is 17.7 Å². The van der Waals surface area contributed by atoms with Crippen LogP contribution in [0.5, 0.6) is 11.6 Å². The quantitative estimate of drug-likeness (QED) is 0.294. The second kappa shape index (κ2) is 12.4. The van der Waals surface area contributed by atoms with E-state index in [4.69, 9.17) is 14.2 Å². The summed E-state index contributed by atoms with van der Waals surface area (Å²) >= 11 is 0. The third-order valence-corrected chi connectivity index (χ3v) is 5.47. The van der Waals surface area contributed by atoms with Gasteiger partial charge in [0.1, 0.15) is 18.4 Å². The maximum absolute atomic E-state index is 14.2. The van der Waals surface area contributed by atoms with Crippen LogP contribution in [0.4, 0.5) is 4.39 Å². The summed E-state index contributed by atoms with van der Waals surface area (Å²) in [6.45, 7) is 1.42. The number of hydrogen-bond acceptors (Lipinski definition) is 10. The van der Waals surface area contributed by atoms with E-state index in [9.17, 15) is 33.6 Å². The molecule has 41 heavy (non-hydrogen) atoms. The summed E-state index contributed by atoms with van der Waals surface area (Å²) in [5.74, 6) is -4.88. The number of ether oxygens (including phenoxy) is 3. The lowest BCUT2D eigenvalue weighted by Crippen LogP contribution is -2.45. The number of benzene rings is 2. The van der Waals surface area contributed by atoms with Crippen LogP contribution in [0.1, 0.15) is 43.6 Å². The van der Waals surface area contributed by atoms with Crippen molar-refractivity contribution in [3.05, 3.63) is 122 Å². The lowest BCUT2D eigenvalue weighted by molar-refractivity contribution is 0.0725. The SMILES string of the molecule is CCOCn1cc(F)c(=O)n(C(=O)c2cccc(C(=O)Oc3cc(OC(=O)c4ccccc4)ncc3C#N)c2)c1=O. The minimum absolute atomic E-state index is 0.0861. The number of rotatable bonds is 8. The van der Waals surface area contributed by atoms with Crippen LogP contribution >= 0.6 is 0 Å². The molecule has 0 aliphatic carbocycles. The van der Waals surface area contributed by atoms with E-state index < -0.39 is 41.6 Å². The molecule has 0 fully saturated rings. The first-order valence-corrected chi connectivity index (χ1v) is 11.9. The van der Waals surface area contributed by atoms with Gasteiger partial charge in [-0.1, -0.05) is 24.3 Å². The number of nitrogens with zero attached hydrogens (tertiary/aromatic N) is 4. The first-order chi connectivity index (χ1) is 19.7. The van der Waals surface area contributed by atoms with Gasteiger partial charge in [0.2, 0.25) is 11.7 Å². The fraction of sp³-hybridized carbons (Fsp3) is 0.107. The van der Waals surface area contributed by atoms with Gasteiger partial charge in [0, 0.05) is 18.2 Å². The van der Waals surface area contributed by atoms with Crippen LogP contribution in [0, 0.1) is 17.1 Å². The lowest BCUT2D eigenvalue weighted by Gasteiger charge is -2.11. The smallest absolute Gasteiger partial charge is 0.344 e. The van der Waals surface area contributed by atoms with E-state index in [0.717, 1.165) is 18.3 Å². The fourth-order valence-electron chi connectivity index (χ4n) is 3.47. The Kier molecular flexibility index (Phi) is 8.56. The Morgan fingerprint density at radius 2 is 1.63 bits per heavy atom. The molecule has 2 aromatic carbocycles. The predicted molar refractivity (Wildman–Crippen MR) is 138 cm³/mol. The highest BCUT2D eigenvalue weighted by Crippen LogP contribution is 2.24. The minimum atomic E-state index is -1.48. The molecule has 0 atom stereocenters. The van der Waals surface area contributed by atoms with Crippen LogP contribution in [0.15, 0.2) is 82.6 Å². The normalized spacial score (nSPS) is 10.5. The molecule has 0 spiro atoms. The topological polar surface area (TPSA) is 160 Å². The molecule has 0 saturated heterocycles. The number of carbonyl (C=O) groups excluding carboxylic acids is 3. The molecule has 2 aromatic heterocycles. The molecule has 0 unspecified atom stereocenters. The molecular formula is C28H19FN4O8. The van der Waals surface area contributed by atoms with Crippen molar-refractivity contribution in [2.45, 2.75) is 13.7 Å². The minimum Gasteiger partial charge on any atom is -0.421 e. The van der Waals surface area contributed by atoms with Crippen molar-refractivity contribution < 1.29 is 33.0 Å². The number of pyridine rings is 1. The van der Waals surface area contributed by atoms with Crippen molar-refractivity contribution >= 4 is 17.8 Å². The highest BCUT2D eigenvalue weighted by atomic mass is 19.1. The molecule has 0 radical (unpaired) electrons. The second-order valence-corrected chi connectivity index (χ2v) is 8.15. The Labute approximate surface area is 230 Å². The van der Waals surface area contributed by atoms with Gasteiger partial charge in [-0.3, -0.25) is 14.2 Å². The average Bonchev–Trinajstić information content (AvgIpc) is 2.99. The highest BCUT2D eigenvalue weighted by Gasteiger charge is 2.21. The molecular weight excluding hydrogens is 539 g/mol. The average molecular weight is 558 g/mol. The van der Waals surface area contributed by atoms with Crippen molar-refractivity contribution in [1.29, 1.82) is 5.26 Å². The third-order valence-electron chi connectivity index (χ3n) is 5.47. The molecule has 4 rings (SSSR count). The summed E-state index contributed by atoms with van der Waals surface area (Å²) in [7, 11) is 0. The van der Waals surface area contributed by atoms with E-state index in [1.54, 1.807) is 31.2 Å². The van der Waals surface area contributed by atoms with E-state index in [0.29, 0.717) is 10.8 Å². The van der Waals surface area contributed by atoms with Crippen LogP contribution in [-0.4, -0.2) is 38.6 Å². The van der Waals surface area contributed by atoms with Gasteiger partial charge in [-0.25, -0.2) is 19.4 Å². The van der Waals surface area contributed by atoms with Gasteiger partial charge in [-0.2, -0.15) is 14.2 Å². The van der Waals surface area contributed by atoms with Crippen LogP contribution < -0.4 is 20.7 Å². The molecule has 12 nitrogen and oxygen atoms in total. The number of esters is 2. The van der Waals surface area contributed by atoms with Gasteiger partial charge in [0.25, 0.3) is 11.5 Å². The summed E-state index contributed by atoms with van der Waals surface area (Å²) < 4.78 is 30.6. The number of hydrogen-bond donors (Lipinski definition) is 0. The second-order valence-electron chi connectivity index (χ2n) is 8.15. The van der Waals surface area contributed by atoms with E-state index in [1.807, 2.05) is 0 Å². The molecule has 0 amide bonds. The first-order valence-electron chi connectivity index (χ1n) is 11.9. The Hall–Kier alpha value is -5.74. The maximum atomic E-state index is 14.2. The van der Waals surface area contributed by atoms with Gasteiger partial charge < -0.3 is 14.2 Å². The molecule has 206 valence electrons. The monoisotopic (exact) mass is 558 g/mol. The summed E-state index contributed by atoms with van der Waals surface area (Å²) in [5.41, 5.74) is -3.06. The molecule has 2 heterocycles.